The monoisotopic (exact) mass is 227 g/mol. The molecule has 0 aliphatic heterocycles. The van der Waals surface area contributed by atoms with E-state index >= 15 is 0 Å². The second-order valence-electron chi connectivity index (χ2n) is 4.35. The van der Waals surface area contributed by atoms with Crippen molar-refractivity contribution in [2.24, 2.45) is 5.73 Å². The fraction of sp³-hybridized carbons (Fsp3) is 0.500. The van der Waals surface area contributed by atoms with Gasteiger partial charge in [-0.05, 0) is 36.5 Å². The minimum atomic E-state index is 0.0226. The minimum Gasteiger partial charge on any atom is -0.506 e. The molecule has 0 amide bonds. The van der Waals surface area contributed by atoms with E-state index in [1.54, 1.807) is 0 Å². The van der Waals surface area contributed by atoms with E-state index in [0.717, 1.165) is 11.1 Å². The molecule has 0 aromatic heterocycles. The molecule has 0 aliphatic carbocycles. The van der Waals surface area contributed by atoms with Crippen molar-refractivity contribution < 1.29 is 5.11 Å². The molecule has 1 rings (SSSR count). The Morgan fingerprint density at radius 1 is 1.33 bits per heavy atom. The van der Waals surface area contributed by atoms with Gasteiger partial charge in [-0.25, -0.2) is 0 Å². The van der Waals surface area contributed by atoms with Gasteiger partial charge in [-0.1, -0.05) is 31.5 Å². The van der Waals surface area contributed by atoms with E-state index < -0.39 is 0 Å². The maximum absolute atomic E-state index is 9.77. The first-order valence-electron chi connectivity index (χ1n) is 5.18. The summed E-state index contributed by atoms with van der Waals surface area (Å²) in [5, 5.41) is 10.2. The molecule has 0 saturated heterocycles. The van der Waals surface area contributed by atoms with Crippen LogP contribution in [0.4, 0.5) is 0 Å². The van der Waals surface area contributed by atoms with E-state index in [2.05, 4.69) is 13.8 Å². The Labute approximate surface area is 96.1 Å². The Kier molecular flexibility index (Phi) is 4.00. The molecule has 0 aliphatic rings. The average Bonchev–Trinajstić information content (AvgIpc) is 2.11. The highest BCUT2D eigenvalue weighted by molar-refractivity contribution is 6.32. The molecule has 1 aromatic carbocycles. The van der Waals surface area contributed by atoms with Crippen LogP contribution in [-0.4, -0.2) is 11.1 Å². The van der Waals surface area contributed by atoms with Gasteiger partial charge in [0.2, 0.25) is 0 Å². The zero-order valence-electron chi connectivity index (χ0n) is 9.42. The SMILES string of the molecule is CC(N)Cc1cc(C(C)C)cc(Cl)c1O. The summed E-state index contributed by atoms with van der Waals surface area (Å²) in [4.78, 5) is 0. The number of halogens is 1. The molecule has 2 nitrogen and oxygen atoms in total. The molecule has 0 fully saturated rings. The number of hydrogen-bond donors (Lipinski definition) is 2. The number of phenols is 1. The van der Waals surface area contributed by atoms with E-state index in [-0.39, 0.29) is 11.8 Å². The van der Waals surface area contributed by atoms with Crippen LogP contribution in [-0.2, 0) is 6.42 Å². The summed E-state index contributed by atoms with van der Waals surface area (Å²) in [6, 6.07) is 3.82. The molecule has 1 unspecified atom stereocenters. The van der Waals surface area contributed by atoms with E-state index in [9.17, 15) is 5.11 Å². The Morgan fingerprint density at radius 2 is 1.93 bits per heavy atom. The summed E-state index contributed by atoms with van der Waals surface area (Å²) in [6.07, 6.45) is 0.645. The van der Waals surface area contributed by atoms with Crippen molar-refractivity contribution in [2.75, 3.05) is 0 Å². The van der Waals surface area contributed by atoms with Crippen LogP contribution in [0.1, 0.15) is 37.8 Å². The number of hydrogen-bond acceptors (Lipinski definition) is 2. The quantitative estimate of drug-likeness (QED) is 0.834. The molecule has 0 heterocycles. The molecular formula is C12H18ClNO. The lowest BCUT2D eigenvalue weighted by Gasteiger charge is -2.13. The first kappa shape index (κ1) is 12.3. The third kappa shape index (κ3) is 3.11. The predicted molar refractivity (Wildman–Crippen MR) is 64.6 cm³/mol. The van der Waals surface area contributed by atoms with E-state index in [0.29, 0.717) is 17.4 Å². The molecule has 1 atom stereocenters. The first-order chi connectivity index (χ1) is 6.91. The van der Waals surface area contributed by atoms with Gasteiger partial charge < -0.3 is 10.8 Å². The van der Waals surface area contributed by atoms with Crippen LogP contribution in [0.2, 0.25) is 5.02 Å². The zero-order valence-corrected chi connectivity index (χ0v) is 10.2. The van der Waals surface area contributed by atoms with Crippen LogP contribution >= 0.6 is 11.6 Å². The molecule has 3 heteroatoms. The van der Waals surface area contributed by atoms with Gasteiger partial charge in [-0.2, -0.15) is 0 Å². The fourth-order valence-electron chi connectivity index (χ4n) is 1.52. The van der Waals surface area contributed by atoms with Crippen molar-refractivity contribution in [3.8, 4) is 5.75 Å². The maximum atomic E-state index is 9.77. The molecule has 84 valence electrons. The topological polar surface area (TPSA) is 46.2 Å². The standard InChI is InChI=1S/C12H18ClNO/c1-7(2)9-5-10(4-8(3)14)12(15)11(13)6-9/h5-8,15H,4,14H2,1-3H3. The number of phenolic OH excluding ortho intramolecular Hbond substituents is 1. The summed E-state index contributed by atoms with van der Waals surface area (Å²) < 4.78 is 0. The van der Waals surface area contributed by atoms with E-state index in [4.69, 9.17) is 17.3 Å². The van der Waals surface area contributed by atoms with Gasteiger partial charge in [0.1, 0.15) is 5.75 Å². The normalized spacial score (nSPS) is 13.2. The Bertz CT molecular complexity index is 348. The Morgan fingerprint density at radius 3 is 2.40 bits per heavy atom. The van der Waals surface area contributed by atoms with Crippen LogP contribution in [0.15, 0.2) is 12.1 Å². The van der Waals surface area contributed by atoms with Gasteiger partial charge in [-0.3, -0.25) is 0 Å². The van der Waals surface area contributed by atoms with Crippen LogP contribution in [0, 0.1) is 0 Å². The number of nitrogens with two attached hydrogens (primary N) is 1. The van der Waals surface area contributed by atoms with Crippen molar-refractivity contribution in [1.29, 1.82) is 0 Å². The third-order valence-corrected chi connectivity index (χ3v) is 2.66. The molecule has 3 N–H and O–H groups in total. The number of aromatic hydroxyl groups is 1. The van der Waals surface area contributed by atoms with Gasteiger partial charge in [0.05, 0.1) is 5.02 Å². The summed E-state index contributed by atoms with van der Waals surface area (Å²) in [6.45, 7) is 6.10. The van der Waals surface area contributed by atoms with Crippen LogP contribution < -0.4 is 5.73 Å². The van der Waals surface area contributed by atoms with Crippen LogP contribution in [0.25, 0.3) is 0 Å². The average molecular weight is 228 g/mol. The summed E-state index contributed by atoms with van der Waals surface area (Å²) >= 11 is 5.96. The highest BCUT2D eigenvalue weighted by Crippen LogP contribution is 2.32. The van der Waals surface area contributed by atoms with Crippen molar-refractivity contribution in [3.05, 3.63) is 28.3 Å². The molecule has 0 radical (unpaired) electrons. The first-order valence-corrected chi connectivity index (χ1v) is 5.56. The lowest BCUT2D eigenvalue weighted by Crippen LogP contribution is -2.18. The van der Waals surface area contributed by atoms with Gasteiger partial charge in [0.15, 0.2) is 0 Å². The van der Waals surface area contributed by atoms with Crippen LogP contribution in [0.3, 0.4) is 0 Å². The fourth-order valence-corrected chi connectivity index (χ4v) is 1.76. The maximum Gasteiger partial charge on any atom is 0.137 e. The lowest BCUT2D eigenvalue weighted by atomic mass is 9.97. The summed E-state index contributed by atoms with van der Waals surface area (Å²) in [7, 11) is 0. The Hall–Kier alpha value is -0.730. The highest BCUT2D eigenvalue weighted by atomic mass is 35.5. The minimum absolute atomic E-state index is 0.0226. The number of rotatable bonds is 3. The molecule has 0 spiro atoms. The van der Waals surface area contributed by atoms with Crippen molar-refractivity contribution in [1.82, 2.24) is 0 Å². The number of benzene rings is 1. The third-order valence-electron chi connectivity index (χ3n) is 2.37. The molecule has 1 aromatic rings. The van der Waals surface area contributed by atoms with Crippen molar-refractivity contribution in [2.45, 2.75) is 39.2 Å². The van der Waals surface area contributed by atoms with Gasteiger partial charge in [-0.15, -0.1) is 0 Å². The van der Waals surface area contributed by atoms with Crippen molar-refractivity contribution in [3.63, 3.8) is 0 Å². The van der Waals surface area contributed by atoms with Crippen LogP contribution in [0.5, 0.6) is 5.75 Å². The molecule has 0 bridgehead atoms. The molecule has 0 saturated carbocycles. The van der Waals surface area contributed by atoms with Gasteiger partial charge in [0.25, 0.3) is 0 Å². The molecular weight excluding hydrogens is 210 g/mol. The second-order valence-corrected chi connectivity index (χ2v) is 4.75. The zero-order chi connectivity index (χ0) is 11.6. The van der Waals surface area contributed by atoms with E-state index in [1.165, 1.54) is 0 Å². The summed E-state index contributed by atoms with van der Waals surface area (Å²) in [5.74, 6) is 0.563. The predicted octanol–water partition coefficient (Wildman–Crippen LogP) is 3.06. The summed E-state index contributed by atoms with van der Waals surface area (Å²) in [5.41, 5.74) is 7.68. The second kappa shape index (κ2) is 4.86. The lowest BCUT2D eigenvalue weighted by molar-refractivity contribution is 0.465. The Balaban J connectivity index is 3.13. The van der Waals surface area contributed by atoms with Gasteiger partial charge >= 0.3 is 0 Å². The smallest absolute Gasteiger partial charge is 0.137 e. The van der Waals surface area contributed by atoms with E-state index in [1.807, 2.05) is 19.1 Å². The van der Waals surface area contributed by atoms with Crippen molar-refractivity contribution >= 4 is 11.6 Å². The van der Waals surface area contributed by atoms with Gasteiger partial charge in [0, 0.05) is 6.04 Å². The highest BCUT2D eigenvalue weighted by Gasteiger charge is 2.11. The molecule has 15 heavy (non-hydrogen) atoms. The largest absolute Gasteiger partial charge is 0.506 e.